The highest BCUT2D eigenvalue weighted by atomic mass is 79.9. The molecule has 0 saturated heterocycles. The van der Waals surface area contributed by atoms with E-state index in [-0.39, 0.29) is 17.9 Å². The molecule has 0 unspecified atom stereocenters. The van der Waals surface area contributed by atoms with E-state index in [9.17, 15) is 9.59 Å². The Labute approximate surface area is 144 Å². The van der Waals surface area contributed by atoms with Gasteiger partial charge >= 0.3 is 0 Å². The topological polar surface area (TPSA) is 58.2 Å². The van der Waals surface area contributed by atoms with Gasteiger partial charge in [-0.15, -0.1) is 0 Å². The van der Waals surface area contributed by atoms with Crippen LogP contribution in [0.1, 0.15) is 40.1 Å². The Kier molecular flexibility index (Phi) is 5.55. The second-order valence-corrected chi connectivity index (χ2v) is 6.53. The van der Waals surface area contributed by atoms with E-state index in [0.717, 1.165) is 15.7 Å². The molecule has 0 aromatic heterocycles. The molecule has 2 rings (SSSR count). The van der Waals surface area contributed by atoms with Gasteiger partial charge in [0.1, 0.15) is 0 Å². The third-order valence-corrected chi connectivity index (χ3v) is 3.76. The summed E-state index contributed by atoms with van der Waals surface area (Å²) < 4.78 is 0.966. The maximum absolute atomic E-state index is 12.3. The minimum absolute atomic E-state index is 0.0749. The van der Waals surface area contributed by atoms with Crippen molar-refractivity contribution < 1.29 is 9.59 Å². The summed E-state index contributed by atoms with van der Waals surface area (Å²) in [5.41, 5.74) is 2.78. The van der Waals surface area contributed by atoms with Crippen molar-refractivity contribution in [3.05, 3.63) is 63.6 Å². The molecule has 0 saturated carbocycles. The number of halogens is 1. The van der Waals surface area contributed by atoms with Crippen molar-refractivity contribution in [3.8, 4) is 0 Å². The van der Waals surface area contributed by atoms with Gasteiger partial charge in [-0.2, -0.15) is 0 Å². The molecule has 0 heterocycles. The molecule has 0 bridgehead atoms. The first-order valence-corrected chi connectivity index (χ1v) is 8.14. The molecule has 4 nitrogen and oxygen atoms in total. The maximum Gasteiger partial charge on any atom is 0.255 e. The number of amides is 2. The zero-order valence-electron chi connectivity index (χ0n) is 13.3. The van der Waals surface area contributed by atoms with Gasteiger partial charge in [0.05, 0.1) is 0 Å². The van der Waals surface area contributed by atoms with Crippen LogP contribution in [0.4, 0.5) is 5.69 Å². The van der Waals surface area contributed by atoms with Crippen LogP contribution in [0.2, 0.25) is 0 Å². The smallest absolute Gasteiger partial charge is 0.255 e. The van der Waals surface area contributed by atoms with Crippen molar-refractivity contribution in [2.24, 2.45) is 0 Å². The fourth-order valence-electron chi connectivity index (χ4n) is 2.08. The number of hydrogen-bond acceptors (Lipinski definition) is 2. The van der Waals surface area contributed by atoms with Gasteiger partial charge in [-0.25, -0.2) is 0 Å². The van der Waals surface area contributed by atoms with Crippen LogP contribution in [0.3, 0.4) is 0 Å². The number of aryl methyl sites for hydroxylation is 1. The summed E-state index contributed by atoms with van der Waals surface area (Å²) in [4.78, 5) is 24.2. The van der Waals surface area contributed by atoms with E-state index >= 15 is 0 Å². The van der Waals surface area contributed by atoms with Gasteiger partial charge in [0.2, 0.25) is 0 Å². The van der Waals surface area contributed by atoms with E-state index in [1.165, 1.54) is 0 Å². The second kappa shape index (κ2) is 7.42. The summed E-state index contributed by atoms with van der Waals surface area (Å²) in [6, 6.07) is 12.4. The van der Waals surface area contributed by atoms with Gasteiger partial charge in [-0.1, -0.05) is 15.9 Å². The summed E-state index contributed by atoms with van der Waals surface area (Å²) in [5.74, 6) is -0.345. The SMILES string of the molecule is Cc1cc(Br)ccc1NC(=O)c1ccc(C(=O)NC(C)C)cc1. The molecule has 0 radical (unpaired) electrons. The molecule has 0 spiro atoms. The van der Waals surface area contributed by atoms with E-state index in [2.05, 4.69) is 26.6 Å². The summed E-state index contributed by atoms with van der Waals surface area (Å²) in [7, 11) is 0. The minimum atomic E-state index is -0.203. The summed E-state index contributed by atoms with van der Waals surface area (Å²) in [6.45, 7) is 5.74. The lowest BCUT2D eigenvalue weighted by atomic mass is 10.1. The van der Waals surface area contributed by atoms with Crippen molar-refractivity contribution in [3.63, 3.8) is 0 Å². The molecular weight excluding hydrogens is 356 g/mol. The van der Waals surface area contributed by atoms with Gasteiger partial charge in [0.25, 0.3) is 11.8 Å². The van der Waals surface area contributed by atoms with Gasteiger partial charge in [-0.3, -0.25) is 9.59 Å². The molecule has 2 aromatic rings. The number of carbonyl (C=O) groups is 2. The first-order valence-electron chi connectivity index (χ1n) is 7.35. The Bertz CT molecular complexity index is 724. The first-order chi connectivity index (χ1) is 10.9. The highest BCUT2D eigenvalue weighted by Crippen LogP contribution is 2.20. The average molecular weight is 375 g/mol. The first kappa shape index (κ1) is 17.2. The third-order valence-electron chi connectivity index (χ3n) is 3.27. The molecular formula is C18H19BrN2O2. The van der Waals surface area contributed by atoms with Crippen molar-refractivity contribution >= 4 is 33.4 Å². The highest BCUT2D eigenvalue weighted by molar-refractivity contribution is 9.10. The molecule has 5 heteroatoms. The van der Waals surface area contributed by atoms with Gasteiger partial charge in [-0.05, 0) is 68.8 Å². The van der Waals surface area contributed by atoms with E-state index in [1.807, 2.05) is 39.0 Å². The fourth-order valence-corrected chi connectivity index (χ4v) is 2.56. The van der Waals surface area contributed by atoms with E-state index < -0.39 is 0 Å². The summed E-state index contributed by atoms with van der Waals surface area (Å²) in [5, 5.41) is 5.69. The third kappa shape index (κ3) is 4.66. The maximum atomic E-state index is 12.3. The van der Waals surface area contributed by atoms with E-state index in [1.54, 1.807) is 24.3 Å². The zero-order chi connectivity index (χ0) is 17.0. The summed E-state index contributed by atoms with van der Waals surface area (Å²) >= 11 is 3.40. The number of anilines is 1. The number of hydrogen-bond donors (Lipinski definition) is 2. The lowest BCUT2D eigenvalue weighted by Gasteiger charge is -2.10. The monoisotopic (exact) mass is 374 g/mol. The van der Waals surface area contributed by atoms with Crippen LogP contribution >= 0.6 is 15.9 Å². The molecule has 0 aliphatic rings. The Morgan fingerprint density at radius 1 is 0.957 bits per heavy atom. The van der Waals surface area contributed by atoms with Crippen LogP contribution in [0.5, 0.6) is 0 Å². The Hall–Kier alpha value is -2.14. The molecule has 120 valence electrons. The lowest BCUT2D eigenvalue weighted by molar-refractivity contribution is 0.0941. The Morgan fingerprint density at radius 3 is 2.04 bits per heavy atom. The standard InChI is InChI=1S/C18H19BrN2O2/c1-11(2)20-17(22)13-4-6-14(7-5-13)18(23)21-16-9-8-15(19)10-12(16)3/h4-11H,1-3H3,(H,20,22)(H,21,23). The quantitative estimate of drug-likeness (QED) is 0.844. The van der Waals surface area contributed by atoms with Crippen LogP contribution in [-0.4, -0.2) is 17.9 Å². The van der Waals surface area contributed by atoms with Gasteiger partial charge in [0, 0.05) is 27.3 Å². The summed E-state index contributed by atoms with van der Waals surface area (Å²) in [6.07, 6.45) is 0. The molecule has 0 atom stereocenters. The molecule has 0 fully saturated rings. The number of benzene rings is 2. The number of rotatable bonds is 4. The van der Waals surface area contributed by atoms with E-state index in [4.69, 9.17) is 0 Å². The predicted molar refractivity (Wildman–Crippen MR) is 95.9 cm³/mol. The van der Waals surface area contributed by atoms with Crippen LogP contribution in [0.15, 0.2) is 46.9 Å². The Balaban J connectivity index is 2.09. The molecule has 2 amide bonds. The molecule has 0 aliphatic carbocycles. The van der Waals surface area contributed by atoms with Crippen LogP contribution < -0.4 is 10.6 Å². The van der Waals surface area contributed by atoms with Crippen LogP contribution in [0, 0.1) is 6.92 Å². The largest absolute Gasteiger partial charge is 0.350 e. The minimum Gasteiger partial charge on any atom is -0.350 e. The Morgan fingerprint density at radius 2 is 1.52 bits per heavy atom. The molecule has 2 N–H and O–H groups in total. The zero-order valence-corrected chi connectivity index (χ0v) is 14.9. The lowest BCUT2D eigenvalue weighted by Crippen LogP contribution is -2.30. The average Bonchev–Trinajstić information content (AvgIpc) is 2.49. The van der Waals surface area contributed by atoms with Crippen molar-refractivity contribution in [1.29, 1.82) is 0 Å². The molecule has 23 heavy (non-hydrogen) atoms. The number of nitrogens with one attached hydrogen (secondary N) is 2. The fraction of sp³-hybridized carbons (Fsp3) is 0.222. The highest BCUT2D eigenvalue weighted by Gasteiger charge is 2.11. The number of carbonyl (C=O) groups excluding carboxylic acids is 2. The van der Waals surface area contributed by atoms with Gasteiger partial charge in [0.15, 0.2) is 0 Å². The molecule has 2 aromatic carbocycles. The van der Waals surface area contributed by atoms with E-state index in [0.29, 0.717) is 11.1 Å². The normalized spacial score (nSPS) is 10.5. The van der Waals surface area contributed by atoms with Crippen LogP contribution in [0.25, 0.3) is 0 Å². The van der Waals surface area contributed by atoms with Crippen molar-refractivity contribution in [1.82, 2.24) is 5.32 Å². The van der Waals surface area contributed by atoms with Crippen molar-refractivity contribution in [2.75, 3.05) is 5.32 Å². The van der Waals surface area contributed by atoms with Crippen molar-refractivity contribution in [2.45, 2.75) is 26.8 Å². The van der Waals surface area contributed by atoms with Gasteiger partial charge < -0.3 is 10.6 Å². The predicted octanol–water partition coefficient (Wildman–Crippen LogP) is 4.15. The van der Waals surface area contributed by atoms with Crippen LogP contribution in [-0.2, 0) is 0 Å². The molecule has 0 aliphatic heterocycles. The second-order valence-electron chi connectivity index (χ2n) is 5.62.